The van der Waals surface area contributed by atoms with E-state index in [0.717, 1.165) is 10.2 Å². The predicted molar refractivity (Wildman–Crippen MR) is 42.0 cm³/mol. The molecule has 0 saturated heterocycles. The van der Waals surface area contributed by atoms with Gasteiger partial charge in [0.15, 0.2) is 0 Å². The summed E-state index contributed by atoms with van der Waals surface area (Å²) in [7, 11) is 0. The van der Waals surface area contributed by atoms with E-state index in [1.165, 1.54) is 0 Å². The zero-order chi connectivity index (χ0) is 7.72. The largest absolute Gasteiger partial charge is 0.382 e. The lowest BCUT2D eigenvalue weighted by molar-refractivity contribution is 1.06. The van der Waals surface area contributed by atoms with Crippen molar-refractivity contribution in [1.29, 1.82) is 5.41 Å². The van der Waals surface area contributed by atoms with Gasteiger partial charge in [0.25, 0.3) is 0 Å². The number of hydrogen-bond acceptors (Lipinski definition) is 2. The van der Waals surface area contributed by atoms with Crippen molar-refractivity contribution >= 4 is 21.8 Å². The number of halogens is 1. The van der Waals surface area contributed by atoms with Crippen LogP contribution in [0.3, 0.4) is 0 Å². The lowest BCUT2D eigenvalue weighted by Crippen LogP contribution is -2.12. The van der Waals surface area contributed by atoms with Gasteiger partial charge in [-0.2, -0.15) is 5.10 Å². The number of nitrogens with two attached hydrogens (primary N) is 1. The van der Waals surface area contributed by atoms with Gasteiger partial charge in [0.05, 0.1) is 0 Å². The van der Waals surface area contributed by atoms with Crippen LogP contribution >= 0.6 is 15.9 Å². The van der Waals surface area contributed by atoms with E-state index in [1.807, 2.05) is 6.92 Å². The van der Waals surface area contributed by atoms with Gasteiger partial charge in [-0.15, -0.1) is 0 Å². The Morgan fingerprint density at radius 2 is 2.40 bits per heavy atom. The number of amidine groups is 1. The van der Waals surface area contributed by atoms with Crippen molar-refractivity contribution in [2.45, 2.75) is 6.92 Å². The summed E-state index contributed by atoms with van der Waals surface area (Å²) in [5, 5.41) is 13.5. The summed E-state index contributed by atoms with van der Waals surface area (Å²) in [6, 6.07) is 0. The molecule has 1 aromatic heterocycles. The van der Waals surface area contributed by atoms with E-state index in [-0.39, 0.29) is 5.84 Å². The first-order valence-corrected chi connectivity index (χ1v) is 3.47. The molecule has 0 aliphatic carbocycles. The highest BCUT2D eigenvalue weighted by Crippen LogP contribution is 2.14. The predicted octanol–water partition coefficient (Wildman–Crippen LogP) is 0.765. The maximum Gasteiger partial charge on any atom is 0.144 e. The van der Waals surface area contributed by atoms with Gasteiger partial charge in [0.1, 0.15) is 16.1 Å². The van der Waals surface area contributed by atoms with E-state index in [4.69, 9.17) is 11.1 Å². The molecule has 0 amide bonds. The maximum absolute atomic E-state index is 7.06. The molecule has 1 heterocycles. The SMILES string of the molecule is Cc1c(C(=N)N)n[nH]c1Br. The molecule has 0 unspecified atom stereocenters. The number of aromatic nitrogens is 2. The van der Waals surface area contributed by atoms with E-state index in [2.05, 4.69) is 26.1 Å². The van der Waals surface area contributed by atoms with Gasteiger partial charge in [-0.05, 0) is 22.9 Å². The summed E-state index contributed by atoms with van der Waals surface area (Å²) in [5.41, 5.74) is 6.58. The van der Waals surface area contributed by atoms with Crippen molar-refractivity contribution in [3.05, 3.63) is 15.9 Å². The fourth-order valence-electron chi connectivity index (χ4n) is 0.639. The number of H-pyrrole nitrogens is 1. The quantitative estimate of drug-likeness (QED) is 0.465. The summed E-state index contributed by atoms with van der Waals surface area (Å²) < 4.78 is 0.776. The Balaban J connectivity index is 3.17. The average molecular weight is 203 g/mol. The molecule has 0 aliphatic heterocycles. The molecule has 1 aromatic rings. The van der Waals surface area contributed by atoms with Crippen LogP contribution in [0.1, 0.15) is 11.3 Å². The maximum atomic E-state index is 7.06. The summed E-state index contributed by atoms with van der Waals surface area (Å²) in [6.45, 7) is 1.84. The minimum Gasteiger partial charge on any atom is -0.382 e. The molecule has 0 aliphatic rings. The van der Waals surface area contributed by atoms with Gasteiger partial charge in [0, 0.05) is 5.56 Å². The highest BCUT2D eigenvalue weighted by molar-refractivity contribution is 9.10. The Morgan fingerprint density at radius 1 is 1.80 bits per heavy atom. The fourth-order valence-corrected chi connectivity index (χ4v) is 0.915. The molecule has 5 heteroatoms. The zero-order valence-corrected chi connectivity index (χ0v) is 6.99. The second-order valence-corrected chi connectivity index (χ2v) is 2.72. The third-order valence-electron chi connectivity index (χ3n) is 1.21. The molecule has 0 bridgehead atoms. The smallest absolute Gasteiger partial charge is 0.144 e. The van der Waals surface area contributed by atoms with Gasteiger partial charge in [0.2, 0.25) is 0 Å². The molecule has 0 radical (unpaired) electrons. The molecular formula is C5H7BrN4. The van der Waals surface area contributed by atoms with Crippen LogP contribution in [-0.2, 0) is 0 Å². The number of aromatic amines is 1. The van der Waals surface area contributed by atoms with Crippen molar-refractivity contribution in [3.8, 4) is 0 Å². The Labute approximate surface area is 66.5 Å². The van der Waals surface area contributed by atoms with Crippen LogP contribution in [-0.4, -0.2) is 16.0 Å². The Hall–Kier alpha value is -0.840. The normalized spacial score (nSPS) is 9.80. The first-order chi connectivity index (χ1) is 4.63. The Kier molecular flexibility index (Phi) is 1.76. The number of hydrogen-bond donors (Lipinski definition) is 3. The molecule has 4 nitrogen and oxygen atoms in total. The molecule has 0 aromatic carbocycles. The van der Waals surface area contributed by atoms with E-state index < -0.39 is 0 Å². The van der Waals surface area contributed by atoms with E-state index in [0.29, 0.717) is 5.69 Å². The summed E-state index contributed by atoms with van der Waals surface area (Å²) >= 11 is 3.21. The minimum absolute atomic E-state index is 0.0144. The average Bonchev–Trinajstić information content (AvgIpc) is 2.14. The van der Waals surface area contributed by atoms with Gasteiger partial charge < -0.3 is 5.73 Å². The summed E-state index contributed by atoms with van der Waals surface area (Å²) in [5.74, 6) is -0.0144. The minimum atomic E-state index is -0.0144. The Morgan fingerprint density at radius 3 is 2.60 bits per heavy atom. The van der Waals surface area contributed by atoms with Crippen molar-refractivity contribution in [2.24, 2.45) is 5.73 Å². The lowest BCUT2D eigenvalue weighted by Gasteiger charge is -1.90. The van der Waals surface area contributed by atoms with Crippen LogP contribution in [0.15, 0.2) is 4.60 Å². The topological polar surface area (TPSA) is 78.6 Å². The van der Waals surface area contributed by atoms with Crippen LogP contribution in [0.4, 0.5) is 0 Å². The summed E-state index contributed by atoms with van der Waals surface area (Å²) in [6.07, 6.45) is 0. The van der Waals surface area contributed by atoms with Gasteiger partial charge >= 0.3 is 0 Å². The third kappa shape index (κ3) is 1.04. The molecule has 0 atom stereocenters. The number of nitrogens with one attached hydrogen (secondary N) is 2. The second kappa shape index (κ2) is 2.42. The molecule has 0 fully saturated rings. The number of rotatable bonds is 1. The standard InChI is InChI=1S/C5H7BrN4/c1-2-3(5(7)8)9-10-4(2)6/h1H3,(H3,7,8)(H,9,10). The van der Waals surface area contributed by atoms with Crippen molar-refractivity contribution in [1.82, 2.24) is 10.2 Å². The van der Waals surface area contributed by atoms with Gasteiger partial charge in [-0.3, -0.25) is 10.5 Å². The van der Waals surface area contributed by atoms with Crippen LogP contribution in [0.25, 0.3) is 0 Å². The first-order valence-electron chi connectivity index (χ1n) is 2.67. The molecule has 0 saturated carbocycles. The van der Waals surface area contributed by atoms with E-state index >= 15 is 0 Å². The Bertz CT molecular complexity index is 265. The highest BCUT2D eigenvalue weighted by atomic mass is 79.9. The lowest BCUT2D eigenvalue weighted by atomic mass is 10.3. The van der Waals surface area contributed by atoms with Gasteiger partial charge in [-0.1, -0.05) is 0 Å². The van der Waals surface area contributed by atoms with E-state index in [1.54, 1.807) is 0 Å². The third-order valence-corrected chi connectivity index (χ3v) is 1.98. The van der Waals surface area contributed by atoms with Crippen LogP contribution in [0.2, 0.25) is 0 Å². The monoisotopic (exact) mass is 202 g/mol. The fraction of sp³-hybridized carbons (Fsp3) is 0.200. The van der Waals surface area contributed by atoms with Crippen molar-refractivity contribution in [2.75, 3.05) is 0 Å². The highest BCUT2D eigenvalue weighted by Gasteiger charge is 2.07. The van der Waals surface area contributed by atoms with Crippen molar-refractivity contribution in [3.63, 3.8) is 0 Å². The molecule has 10 heavy (non-hydrogen) atoms. The molecule has 54 valence electrons. The number of nitrogen functional groups attached to an aromatic ring is 1. The molecule has 1 rings (SSSR count). The van der Waals surface area contributed by atoms with E-state index in [9.17, 15) is 0 Å². The van der Waals surface area contributed by atoms with Gasteiger partial charge in [-0.25, -0.2) is 0 Å². The number of nitrogens with zero attached hydrogens (tertiary/aromatic N) is 1. The van der Waals surface area contributed by atoms with Crippen LogP contribution in [0, 0.1) is 12.3 Å². The summed E-state index contributed by atoms with van der Waals surface area (Å²) in [4.78, 5) is 0. The second-order valence-electron chi connectivity index (χ2n) is 1.92. The van der Waals surface area contributed by atoms with Crippen LogP contribution < -0.4 is 5.73 Å². The zero-order valence-electron chi connectivity index (χ0n) is 5.40. The van der Waals surface area contributed by atoms with Crippen LogP contribution in [0.5, 0.6) is 0 Å². The molecule has 4 N–H and O–H groups in total. The van der Waals surface area contributed by atoms with Crippen molar-refractivity contribution < 1.29 is 0 Å². The molecule has 0 spiro atoms. The first kappa shape index (κ1) is 7.27. The molecular weight excluding hydrogens is 196 g/mol.